The van der Waals surface area contributed by atoms with Crippen molar-refractivity contribution in [1.29, 1.82) is 0 Å². The minimum atomic E-state index is 0.628. The van der Waals surface area contributed by atoms with Gasteiger partial charge in [-0.15, -0.1) is 0 Å². The van der Waals surface area contributed by atoms with E-state index in [1.54, 1.807) is 6.42 Å². The SMILES string of the molecule is NNC(C1CCCCCC1)C1C2CC3CC(C2)CC1C3. The van der Waals surface area contributed by atoms with Gasteiger partial charge in [0.25, 0.3) is 0 Å². The van der Waals surface area contributed by atoms with Gasteiger partial charge >= 0.3 is 0 Å². The Morgan fingerprint density at radius 2 is 1.30 bits per heavy atom. The summed E-state index contributed by atoms with van der Waals surface area (Å²) in [7, 11) is 0. The first-order valence-electron chi connectivity index (χ1n) is 9.31. The van der Waals surface area contributed by atoms with Crippen LogP contribution in [0, 0.1) is 35.5 Å². The molecule has 2 nitrogen and oxygen atoms in total. The van der Waals surface area contributed by atoms with Gasteiger partial charge in [-0.1, -0.05) is 25.7 Å². The lowest BCUT2D eigenvalue weighted by atomic mass is 9.49. The second kappa shape index (κ2) is 5.61. The van der Waals surface area contributed by atoms with Gasteiger partial charge in [0.2, 0.25) is 0 Å². The van der Waals surface area contributed by atoms with Crippen molar-refractivity contribution in [3.63, 3.8) is 0 Å². The van der Waals surface area contributed by atoms with Crippen LogP contribution >= 0.6 is 0 Å². The lowest BCUT2D eigenvalue weighted by Gasteiger charge is -2.57. The molecule has 5 aliphatic carbocycles. The van der Waals surface area contributed by atoms with Crippen molar-refractivity contribution < 1.29 is 0 Å². The summed E-state index contributed by atoms with van der Waals surface area (Å²) in [6, 6.07) is 0.628. The maximum atomic E-state index is 6.08. The lowest BCUT2D eigenvalue weighted by Crippen LogP contribution is -2.56. The van der Waals surface area contributed by atoms with E-state index in [-0.39, 0.29) is 0 Å². The highest BCUT2D eigenvalue weighted by molar-refractivity contribution is 5.02. The molecule has 0 spiro atoms. The Labute approximate surface area is 124 Å². The van der Waals surface area contributed by atoms with Crippen molar-refractivity contribution in [2.75, 3.05) is 0 Å². The first-order valence-corrected chi connectivity index (χ1v) is 9.31. The molecule has 20 heavy (non-hydrogen) atoms. The van der Waals surface area contributed by atoms with Gasteiger partial charge in [0.1, 0.15) is 0 Å². The smallest absolute Gasteiger partial charge is 0.0272 e. The molecule has 0 aliphatic heterocycles. The standard InChI is InChI=1S/C18H32N2/c19-20-18(14-5-3-1-2-4-6-14)17-15-8-12-7-13(10-15)11-16(17)9-12/h12-18,20H,1-11,19H2. The summed E-state index contributed by atoms with van der Waals surface area (Å²) in [5.41, 5.74) is 3.33. The van der Waals surface area contributed by atoms with E-state index >= 15 is 0 Å². The summed E-state index contributed by atoms with van der Waals surface area (Å²) in [6.07, 6.45) is 16.3. The van der Waals surface area contributed by atoms with E-state index in [4.69, 9.17) is 5.84 Å². The Morgan fingerprint density at radius 3 is 1.80 bits per heavy atom. The Hall–Kier alpha value is -0.0800. The monoisotopic (exact) mass is 276 g/mol. The molecule has 5 saturated carbocycles. The summed E-state index contributed by atoms with van der Waals surface area (Å²) in [5, 5.41) is 0. The summed E-state index contributed by atoms with van der Waals surface area (Å²) < 4.78 is 0. The second-order valence-corrected chi connectivity index (χ2v) is 8.45. The highest BCUT2D eigenvalue weighted by atomic mass is 15.2. The predicted molar refractivity (Wildman–Crippen MR) is 82.8 cm³/mol. The molecule has 1 atom stereocenters. The molecule has 1 unspecified atom stereocenters. The highest BCUT2D eigenvalue weighted by Crippen LogP contribution is 2.58. The Bertz CT molecular complexity index is 304. The summed E-state index contributed by atoms with van der Waals surface area (Å²) >= 11 is 0. The Kier molecular flexibility index (Phi) is 3.80. The third-order valence-corrected chi connectivity index (χ3v) is 7.31. The third-order valence-electron chi connectivity index (χ3n) is 7.31. The molecule has 0 radical (unpaired) electrons. The summed E-state index contributed by atoms with van der Waals surface area (Å²) in [4.78, 5) is 0. The van der Waals surface area contributed by atoms with Crippen molar-refractivity contribution in [2.45, 2.75) is 76.7 Å². The Balaban J connectivity index is 1.52. The molecule has 114 valence electrons. The number of nitrogens with one attached hydrogen (secondary N) is 1. The van der Waals surface area contributed by atoms with Crippen LogP contribution in [0.15, 0.2) is 0 Å². The van der Waals surface area contributed by atoms with E-state index in [0.717, 1.165) is 35.5 Å². The largest absolute Gasteiger partial charge is 0.271 e. The lowest BCUT2D eigenvalue weighted by molar-refractivity contribution is -0.0617. The normalized spacial score (nSPS) is 46.4. The highest BCUT2D eigenvalue weighted by Gasteiger charge is 2.51. The molecular weight excluding hydrogens is 244 g/mol. The van der Waals surface area contributed by atoms with Crippen LogP contribution in [0.2, 0.25) is 0 Å². The molecule has 3 N–H and O–H groups in total. The van der Waals surface area contributed by atoms with Crippen LogP contribution in [0.3, 0.4) is 0 Å². The number of nitrogens with two attached hydrogens (primary N) is 1. The van der Waals surface area contributed by atoms with Crippen LogP contribution in [0.25, 0.3) is 0 Å². The first kappa shape index (κ1) is 13.6. The van der Waals surface area contributed by atoms with Gasteiger partial charge in [-0.05, 0) is 80.5 Å². The number of hydrogen-bond acceptors (Lipinski definition) is 2. The number of rotatable bonds is 3. The van der Waals surface area contributed by atoms with E-state index in [9.17, 15) is 0 Å². The van der Waals surface area contributed by atoms with Crippen molar-refractivity contribution in [2.24, 2.45) is 41.4 Å². The first-order chi connectivity index (χ1) is 9.85. The molecule has 5 aliphatic rings. The van der Waals surface area contributed by atoms with Crippen molar-refractivity contribution in [1.82, 2.24) is 5.43 Å². The minimum Gasteiger partial charge on any atom is -0.271 e. The van der Waals surface area contributed by atoms with E-state index in [1.807, 2.05) is 0 Å². The van der Waals surface area contributed by atoms with Crippen LogP contribution in [-0.2, 0) is 0 Å². The van der Waals surface area contributed by atoms with E-state index < -0.39 is 0 Å². The zero-order valence-corrected chi connectivity index (χ0v) is 12.9. The fourth-order valence-corrected chi connectivity index (χ4v) is 6.79. The summed E-state index contributed by atoms with van der Waals surface area (Å²) in [5.74, 6) is 12.1. The molecular formula is C18H32N2. The van der Waals surface area contributed by atoms with Crippen molar-refractivity contribution in [3.8, 4) is 0 Å². The van der Waals surface area contributed by atoms with Crippen LogP contribution in [0.4, 0.5) is 0 Å². The topological polar surface area (TPSA) is 38.0 Å². The molecule has 2 heteroatoms. The maximum Gasteiger partial charge on any atom is 0.0272 e. The van der Waals surface area contributed by atoms with Gasteiger partial charge in [-0.25, -0.2) is 0 Å². The minimum absolute atomic E-state index is 0.628. The number of hydrogen-bond donors (Lipinski definition) is 2. The molecule has 5 fully saturated rings. The molecule has 0 aromatic rings. The predicted octanol–water partition coefficient (Wildman–Crippen LogP) is 3.86. The van der Waals surface area contributed by atoms with Crippen molar-refractivity contribution in [3.05, 3.63) is 0 Å². The van der Waals surface area contributed by atoms with E-state index in [1.165, 1.54) is 64.2 Å². The van der Waals surface area contributed by atoms with Gasteiger partial charge in [-0.3, -0.25) is 11.3 Å². The maximum absolute atomic E-state index is 6.08. The summed E-state index contributed by atoms with van der Waals surface area (Å²) in [6.45, 7) is 0. The fourth-order valence-electron chi connectivity index (χ4n) is 6.79. The molecule has 0 aromatic carbocycles. The van der Waals surface area contributed by atoms with E-state index in [2.05, 4.69) is 5.43 Å². The van der Waals surface area contributed by atoms with Gasteiger partial charge in [-0.2, -0.15) is 0 Å². The van der Waals surface area contributed by atoms with Gasteiger partial charge < -0.3 is 0 Å². The van der Waals surface area contributed by atoms with E-state index in [0.29, 0.717) is 6.04 Å². The van der Waals surface area contributed by atoms with Gasteiger partial charge in [0.05, 0.1) is 0 Å². The molecule has 0 heterocycles. The molecule has 0 saturated heterocycles. The number of hydrazine groups is 1. The zero-order chi connectivity index (χ0) is 13.5. The van der Waals surface area contributed by atoms with Gasteiger partial charge in [0.15, 0.2) is 0 Å². The van der Waals surface area contributed by atoms with Crippen LogP contribution < -0.4 is 11.3 Å². The van der Waals surface area contributed by atoms with Crippen LogP contribution in [0.1, 0.15) is 70.6 Å². The molecule has 4 bridgehead atoms. The third kappa shape index (κ3) is 2.33. The fraction of sp³-hybridized carbons (Fsp3) is 1.00. The van der Waals surface area contributed by atoms with Crippen LogP contribution in [-0.4, -0.2) is 6.04 Å². The molecule has 5 rings (SSSR count). The average Bonchev–Trinajstić information content (AvgIpc) is 2.71. The van der Waals surface area contributed by atoms with Crippen LogP contribution in [0.5, 0.6) is 0 Å². The quantitative estimate of drug-likeness (QED) is 0.466. The second-order valence-electron chi connectivity index (χ2n) is 8.45. The average molecular weight is 276 g/mol. The Morgan fingerprint density at radius 1 is 0.750 bits per heavy atom. The zero-order valence-electron chi connectivity index (χ0n) is 12.9. The molecule has 0 amide bonds. The molecule has 0 aromatic heterocycles. The van der Waals surface area contributed by atoms with Gasteiger partial charge in [0, 0.05) is 6.04 Å². The van der Waals surface area contributed by atoms with Crippen molar-refractivity contribution >= 4 is 0 Å².